The standard InChI is InChI=1S/C16H17N9/c1-11-7-13-16(17-5-6-24(13)20-11)22(2)12-8-23(9-12)15-4-3-14-19-18-10-25(14)21-15/h3-7,10,12H,8-9H2,1-2H3. The van der Waals surface area contributed by atoms with Gasteiger partial charge in [-0.3, -0.25) is 0 Å². The first kappa shape index (κ1) is 14.1. The van der Waals surface area contributed by atoms with Gasteiger partial charge in [0.25, 0.3) is 0 Å². The lowest BCUT2D eigenvalue weighted by Crippen LogP contribution is -2.59. The first-order chi connectivity index (χ1) is 12.2. The van der Waals surface area contributed by atoms with Gasteiger partial charge in [0.15, 0.2) is 11.5 Å². The van der Waals surface area contributed by atoms with Crippen molar-refractivity contribution >= 4 is 22.8 Å². The molecule has 4 aromatic rings. The van der Waals surface area contributed by atoms with Crippen molar-refractivity contribution < 1.29 is 0 Å². The molecule has 1 aliphatic heterocycles. The van der Waals surface area contributed by atoms with E-state index in [1.807, 2.05) is 29.8 Å². The van der Waals surface area contributed by atoms with Gasteiger partial charge in [0.2, 0.25) is 0 Å². The van der Waals surface area contributed by atoms with E-state index < -0.39 is 0 Å². The normalized spacial score (nSPS) is 15.0. The molecule has 9 nitrogen and oxygen atoms in total. The van der Waals surface area contributed by atoms with Crippen LogP contribution in [0.2, 0.25) is 0 Å². The highest BCUT2D eigenvalue weighted by molar-refractivity contribution is 5.69. The average Bonchev–Trinajstić information content (AvgIpc) is 3.17. The topological polar surface area (TPSA) is 79.8 Å². The zero-order valence-electron chi connectivity index (χ0n) is 14.0. The predicted octanol–water partition coefficient (Wildman–Crippen LogP) is 0.800. The van der Waals surface area contributed by atoms with E-state index >= 15 is 0 Å². The molecule has 126 valence electrons. The average molecular weight is 335 g/mol. The van der Waals surface area contributed by atoms with Crippen molar-refractivity contribution in [2.24, 2.45) is 0 Å². The SMILES string of the molecule is Cc1cc2c(N(C)C3CN(c4ccc5nncn5n4)C3)nccn2n1. The minimum atomic E-state index is 0.382. The molecule has 0 amide bonds. The fraction of sp³-hybridized carbons (Fsp3) is 0.312. The van der Waals surface area contributed by atoms with E-state index in [1.54, 1.807) is 17.0 Å². The summed E-state index contributed by atoms with van der Waals surface area (Å²) >= 11 is 0. The van der Waals surface area contributed by atoms with Gasteiger partial charge in [-0.2, -0.15) is 9.61 Å². The van der Waals surface area contributed by atoms with E-state index in [9.17, 15) is 0 Å². The van der Waals surface area contributed by atoms with Crippen LogP contribution in [0.4, 0.5) is 11.6 Å². The Kier molecular flexibility index (Phi) is 2.90. The maximum Gasteiger partial charge on any atom is 0.177 e. The van der Waals surface area contributed by atoms with Gasteiger partial charge < -0.3 is 9.80 Å². The largest absolute Gasteiger partial charge is 0.351 e. The summed E-state index contributed by atoms with van der Waals surface area (Å²) in [5.74, 6) is 1.89. The molecule has 0 spiro atoms. The van der Waals surface area contributed by atoms with Gasteiger partial charge in [0.1, 0.15) is 17.7 Å². The maximum atomic E-state index is 4.57. The Morgan fingerprint density at radius 2 is 2.04 bits per heavy atom. The van der Waals surface area contributed by atoms with Gasteiger partial charge in [-0.15, -0.1) is 15.3 Å². The quantitative estimate of drug-likeness (QED) is 0.548. The van der Waals surface area contributed by atoms with Gasteiger partial charge >= 0.3 is 0 Å². The smallest absolute Gasteiger partial charge is 0.177 e. The lowest BCUT2D eigenvalue weighted by molar-refractivity contribution is 0.487. The predicted molar refractivity (Wildman–Crippen MR) is 92.9 cm³/mol. The van der Waals surface area contributed by atoms with Crippen LogP contribution in [0, 0.1) is 6.92 Å². The number of rotatable bonds is 3. The molecule has 0 radical (unpaired) electrons. The molecule has 4 aromatic heterocycles. The summed E-state index contributed by atoms with van der Waals surface area (Å²) in [6.07, 6.45) is 5.29. The van der Waals surface area contributed by atoms with Crippen molar-refractivity contribution in [2.45, 2.75) is 13.0 Å². The van der Waals surface area contributed by atoms with Crippen LogP contribution in [-0.2, 0) is 0 Å². The number of anilines is 2. The van der Waals surface area contributed by atoms with Gasteiger partial charge in [-0.25, -0.2) is 9.50 Å². The van der Waals surface area contributed by atoms with Crippen LogP contribution >= 0.6 is 0 Å². The molecule has 0 atom stereocenters. The van der Waals surface area contributed by atoms with Crippen LogP contribution in [0.3, 0.4) is 0 Å². The maximum absolute atomic E-state index is 4.57. The van der Waals surface area contributed by atoms with E-state index in [0.717, 1.165) is 41.6 Å². The van der Waals surface area contributed by atoms with Crippen molar-refractivity contribution in [1.82, 2.24) is 34.4 Å². The van der Waals surface area contributed by atoms with Gasteiger partial charge in [0.05, 0.1) is 11.7 Å². The molecule has 1 saturated heterocycles. The van der Waals surface area contributed by atoms with Crippen LogP contribution in [-0.4, -0.2) is 60.6 Å². The zero-order valence-corrected chi connectivity index (χ0v) is 14.0. The first-order valence-corrected chi connectivity index (χ1v) is 8.15. The Balaban J connectivity index is 1.37. The minimum Gasteiger partial charge on any atom is -0.351 e. The van der Waals surface area contributed by atoms with E-state index in [1.165, 1.54) is 0 Å². The summed E-state index contributed by atoms with van der Waals surface area (Å²) in [4.78, 5) is 9.03. The number of likely N-dealkylation sites (N-methyl/N-ethyl adjacent to an activating group) is 1. The highest BCUT2D eigenvalue weighted by atomic mass is 15.4. The van der Waals surface area contributed by atoms with Crippen LogP contribution in [0.5, 0.6) is 0 Å². The Morgan fingerprint density at radius 3 is 2.92 bits per heavy atom. The summed E-state index contributed by atoms with van der Waals surface area (Å²) in [6.45, 7) is 3.79. The highest BCUT2D eigenvalue weighted by Gasteiger charge is 2.32. The van der Waals surface area contributed by atoms with Gasteiger partial charge in [-0.1, -0.05) is 0 Å². The zero-order chi connectivity index (χ0) is 17.0. The number of hydrogen-bond donors (Lipinski definition) is 0. The summed E-state index contributed by atoms with van der Waals surface area (Å²) < 4.78 is 3.58. The lowest BCUT2D eigenvalue weighted by Gasteiger charge is -2.44. The molecule has 5 rings (SSSR count). The van der Waals surface area contributed by atoms with Crippen molar-refractivity contribution in [2.75, 3.05) is 29.9 Å². The van der Waals surface area contributed by atoms with Gasteiger partial charge in [-0.05, 0) is 25.1 Å². The second-order valence-corrected chi connectivity index (χ2v) is 6.36. The molecule has 9 heteroatoms. The van der Waals surface area contributed by atoms with Crippen LogP contribution in [0.15, 0.2) is 36.9 Å². The van der Waals surface area contributed by atoms with E-state index in [0.29, 0.717) is 6.04 Å². The third kappa shape index (κ3) is 2.19. The molecule has 5 heterocycles. The van der Waals surface area contributed by atoms with E-state index in [-0.39, 0.29) is 0 Å². The Morgan fingerprint density at radius 1 is 1.16 bits per heavy atom. The van der Waals surface area contributed by atoms with Crippen molar-refractivity contribution in [3.05, 3.63) is 42.6 Å². The third-order valence-corrected chi connectivity index (χ3v) is 4.71. The molecule has 0 N–H and O–H groups in total. The van der Waals surface area contributed by atoms with Crippen molar-refractivity contribution in [1.29, 1.82) is 0 Å². The van der Waals surface area contributed by atoms with E-state index in [2.05, 4.69) is 48.3 Å². The molecule has 0 aromatic carbocycles. The third-order valence-electron chi connectivity index (χ3n) is 4.71. The second-order valence-electron chi connectivity index (χ2n) is 6.36. The fourth-order valence-corrected chi connectivity index (χ4v) is 3.25. The minimum absolute atomic E-state index is 0.382. The number of aromatic nitrogens is 7. The fourth-order valence-electron chi connectivity index (χ4n) is 3.25. The molecule has 1 aliphatic rings. The molecular weight excluding hydrogens is 318 g/mol. The van der Waals surface area contributed by atoms with Gasteiger partial charge in [0, 0.05) is 32.5 Å². The molecule has 0 bridgehead atoms. The molecule has 0 aliphatic carbocycles. The number of fused-ring (bicyclic) bond motifs is 2. The second kappa shape index (κ2) is 5.13. The monoisotopic (exact) mass is 335 g/mol. The summed E-state index contributed by atoms with van der Waals surface area (Å²) in [6, 6.07) is 6.37. The molecule has 0 unspecified atom stereocenters. The first-order valence-electron chi connectivity index (χ1n) is 8.15. The molecular formula is C16H17N9. The van der Waals surface area contributed by atoms with E-state index in [4.69, 9.17) is 0 Å². The Bertz CT molecular complexity index is 1060. The highest BCUT2D eigenvalue weighted by Crippen LogP contribution is 2.26. The molecule has 0 saturated carbocycles. The number of hydrogen-bond acceptors (Lipinski definition) is 7. The lowest BCUT2D eigenvalue weighted by atomic mass is 10.1. The van der Waals surface area contributed by atoms with Crippen LogP contribution in [0.1, 0.15) is 5.69 Å². The molecule has 25 heavy (non-hydrogen) atoms. The summed E-state index contributed by atoms with van der Waals surface area (Å²) in [5.41, 5.74) is 2.78. The van der Waals surface area contributed by atoms with Crippen LogP contribution < -0.4 is 9.80 Å². The Hall–Kier alpha value is -3.23. The van der Waals surface area contributed by atoms with Crippen molar-refractivity contribution in [3.8, 4) is 0 Å². The number of nitrogens with zero attached hydrogens (tertiary/aromatic N) is 9. The number of aryl methyl sites for hydroxylation is 1. The summed E-state index contributed by atoms with van der Waals surface area (Å²) in [5, 5.41) is 16.9. The summed E-state index contributed by atoms with van der Waals surface area (Å²) in [7, 11) is 2.09. The Labute approximate surface area is 143 Å². The van der Waals surface area contributed by atoms with Crippen molar-refractivity contribution in [3.63, 3.8) is 0 Å². The molecule has 1 fully saturated rings. The van der Waals surface area contributed by atoms with Crippen LogP contribution in [0.25, 0.3) is 11.2 Å².